The number of nitrogens with zero attached hydrogens (tertiary/aromatic N) is 1. The molecule has 108 valence electrons. The summed E-state index contributed by atoms with van der Waals surface area (Å²) in [6.07, 6.45) is 4.47. The lowest BCUT2D eigenvalue weighted by molar-refractivity contribution is -0.193. The molecule has 0 radical (unpaired) electrons. The quantitative estimate of drug-likeness (QED) is 0.788. The van der Waals surface area contributed by atoms with Crippen molar-refractivity contribution in [1.82, 2.24) is 4.90 Å². The minimum atomic E-state index is -0.112. The Morgan fingerprint density at radius 2 is 2.20 bits per heavy atom. The van der Waals surface area contributed by atoms with Gasteiger partial charge >= 0.3 is 0 Å². The summed E-state index contributed by atoms with van der Waals surface area (Å²) in [5.74, 6) is 0.392. The van der Waals surface area contributed by atoms with Crippen molar-refractivity contribution in [2.75, 3.05) is 20.2 Å². The van der Waals surface area contributed by atoms with Crippen molar-refractivity contribution in [2.45, 2.75) is 49.7 Å². The molecule has 2 aliphatic heterocycles. The minimum Gasteiger partial charge on any atom is -0.508 e. The number of fused-ring (bicyclic) bond motifs is 1. The number of ether oxygens (including phenoxy) is 1. The smallest absolute Gasteiger partial charge is 0.115 e. The molecule has 3 aliphatic rings. The van der Waals surface area contributed by atoms with Crippen molar-refractivity contribution < 1.29 is 9.84 Å². The van der Waals surface area contributed by atoms with Crippen LogP contribution in [0.5, 0.6) is 5.75 Å². The number of hydrogen-bond donors (Lipinski definition) is 1. The zero-order valence-electron chi connectivity index (χ0n) is 12.4. The normalized spacial score (nSPS) is 40.0. The molecule has 0 aromatic heterocycles. The lowest BCUT2D eigenvalue weighted by atomic mass is 9.52. The molecule has 2 heterocycles. The summed E-state index contributed by atoms with van der Waals surface area (Å²) in [7, 11) is 2.23. The molecule has 0 spiro atoms. The zero-order chi connectivity index (χ0) is 14.0. The third kappa shape index (κ3) is 1.38. The summed E-state index contributed by atoms with van der Waals surface area (Å²) in [5, 5.41) is 9.96. The molecule has 1 aromatic rings. The van der Waals surface area contributed by atoms with E-state index in [4.69, 9.17) is 4.74 Å². The van der Waals surface area contributed by atoms with Crippen molar-refractivity contribution in [3.63, 3.8) is 0 Å². The Hall–Kier alpha value is -1.06. The van der Waals surface area contributed by atoms with E-state index in [0.29, 0.717) is 11.8 Å². The average Bonchev–Trinajstić information content (AvgIpc) is 2.43. The van der Waals surface area contributed by atoms with E-state index in [0.717, 1.165) is 32.4 Å². The number of phenolic OH excluding ortho intramolecular Hbond substituents is 1. The fraction of sp³-hybridized carbons (Fsp3) is 0.647. The molecule has 4 rings (SSSR count). The molecule has 2 fully saturated rings. The second-order valence-electron chi connectivity index (χ2n) is 6.93. The molecule has 3 heteroatoms. The van der Waals surface area contributed by atoms with E-state index in [9.17, 15) is 5.11 Å². The van der Waals surface area contributed by atoms with Crippen LogP contribution in [0.15, 0.2) is 18.2 Å². The van der Waals surface area contributed by atoms with Crippen LogP contribution in [0.2, 0.25) is 0 Å². The highest BCUT2D eigenvalue weighted by Crippen LogP contribution is 2.57. The van der Waals surface area contributed by atoms with Crippen LogP contribution < -0.4 is 0 Å². The van der Waals surface area contributed by atoms with Gasteiger partial charge in [-0.15, -0.1) is 0 Å². The molecule has 3 atom stereocenters. The third-order valence-corrected chi connectivity index (χ3v) is 6.18. The number of aromatic hydroxyl groups is 1. The molecular formula is C17H23NO2. The Kier molecular flexibility index (Phi) is 2.52. The number of piperidine rings is 1. The van der Waals surface area contributed by atoms with Gasteiger partial charge in [0.05, 0.1) is 5.60 Å². The van der Waals surface area contributed by atoms with E-state index in [1.165, 1.54) is 17.5 Å². The van der Waals surface area contributed by atoms with Gasteiger partial charge in [-0.2, -0.15) is 0 Å². The van der Waals surface area contributed by atoms with E-state index in [1.54, 1.807) is 0 Å². The van der Waals surface area contributed by atoms with Gasteiger partial charge in [0.1, 0.15) is 5.75 Å². The second-order valence-corrected chi connectivity index (χ2v) is 6.93. The molecule has 2 bridgehead atoms. The van der Waals surface area contributed by atoms with Crippen molar-refractivity contribution >= 4 is 0 Å². The first-order chi connectivity index (χ1) is 9.57. The van der Waals surface area contributed by atoms with Gasteiger partial charge in [-0.1, -0.05) is 6.07 Å². The van der Waals surface area contributed by atoms with E-state index >= 15 is 0 Å². The van der Waals surface area contributed by atoms with Gasteiger partial charge < -0.3 is 14.7 Å². The largest absolute Gasteiger partial charge is 0.508 e. The molecule has 1 N–H and O–H groups in total. The Morgan fingerprint density at radius 1 is 1.35 bits per heavy atom. The molecule has 2 saturated heterocycles. The molecule has 3 nitrogen and oxygen atoms in total. The minimum absolute atomic E-state index is 0.0920. The zero-order valence-corrected chi connectivity index (χ0v) is 12.4. The third-order valence-electron chi connectivity index (χ3n) is 6.18. The van der Waals surface area contributed by atoms with Crippen molar-refractivity contribution in [1.29, 1.82) is 0 Å². The highest BCUT2D eigenvalue weighted by atomic mass is 16.5. The maximum absolute atomic E-state index is 9.96. The Labute approximate surface area is 120 Å². The van der Waals surface area contributed by atoms with Crippen LogP contribution in [0.1, 0.15) is 37.3 Å². The van der Waals surface area contributed by atoms with Crippen LogP contribution in [-0.2, 0) is 16.6 Å². The molecule has 0 unspecified atom stereocenters. The lowest BCUT2D eigenvalue weighted by Crippen LogP contribution is -2.71. The van der Waals surface area contributed by atoms with Crippen LogP contribution in [0.4, 0.5) is 0 Å². The Bertz CT molecular complexity index is 558. The van der Waals surface area contributed by atoms with Crippen LogP contribution in [0.3, 0.4) is 0 Å². The summed E-state index contributed by atoms with van der Waals surface area (Å²) in [6, 6.07) is 6.40. The summed E-state index contributed by atoms with van der Waals surface area (Å²) in [5.41, 5.74) is 2.74. The predicted octanol–water partition coefficient (Wildman–Crippen LogP) is 2.46. The van der Waals surface area contributed by atoms with Crippen molar-refractivity contribution in [3.05, 3.63) is 29.3 Å². The first kappa shape index (κ1) is 12.7. The maximum Gasteiger partial charge on any atom is 0.115 e. The molecule has 1 aromatic carbocycles. The highest BCUT2D eigenvalue weighted by molar-refractivity contribution is 5.47. The number of rotatable bonds is 0. The van der Waals surface area contributed by atoms with E-state index in [2.05, 4.69) is 24.9 Å². The SMILES string of the molecule is CN1CC[C@]23CCCO[C@@]2(C)[C@H]1Cc1ccc(O)cc13. The van der Waals surface area contributed by atoms with Gasteiger partial charge in [-0.3, -0.25) is 0 Å². The van der Waals surface area contributed by atoms with Gasteiger partial charge in [0, 0.05) is 18.1 Å². The van der Waals surface area contributed by atoms with Gasteiger partial charge in [0.15, 0.2) is 0 Å². The predicted molar refractivity (Wildman–Crippen MR) is 78.1 cm³/mol. The lowest BCUT2D eigenvalue weighted by Gasteiger charge is -2.64. The number of likely N-dealkylation sites (N-methyl/N-ethyl adjacent to an activating group) is 1. The monoisotopic (exact) mass is 273 g/mol. The molecule has 0 amide bonds. The fourth-order valence-electron chi connectivity index (χ4n) is 5.06. The number of benzene rings is 1. The summed E-state index contributed by atoms with van der Waals surface area (Å²) in [4.78, 5) is 2.47. The summed E-state index contributed by atoms with van der Waals surface area (Å²) < 4.78 is 6.37. The molecular weight excluding hydrogens is 250 g/mol. The Balaban J connectivity index is 1.97. The number of likely N-dealkylation sites (tertiary alicyclic amines) is 1. The standard InChI is InChI=1S/C17H23NO2/c1-16-15-10-12-4-5-13(19)11-14(12)17(16,6-3-9-20-16)7-8-18(15)2/h4-5,11,15,19H,3,6-10H2,1-2H3/t15-,16+,17+/m1/s1. The topological polar surface area (TPSA) is 32.7 Å². The van der Waals surface area contributed by atoms with Gasteiger partial charge in [0.2, 0.25) is 0 Å². The maximum atomic E-state index is 9.96. The Morgan fingerprint density at radius 3 is 3.05 bits per heavy atom. The van der Waals surface area contributed by atoms with Gasteiger partial charge in [-0.25, -0.2) is 0 Å². The molecule has 0 saturated carbocycles. The van der Waals surface area contributed by atoms with Crippen LogP contribution in [0.25, 0.3) is 0 Å². The highest BCUT2D eigenvalue weighted by Gasteiger charge is 2.62. The van der Waals surface area contributed by atoms with Gasteiger partial charge in [-0.05, 0) is 69.5 Å². The average molecular weight is 273 g/mol. The first-order valence-electron chi connectivity index (χ1n) is 7.73. The summed E-state index contributed by atoms with van der Waals surface area (Å²) >= 11 is 0. The number of phenols is 1. The van der Waals surface area contributed by atoms with E-state index < -0.39 is 0 Å². The molecule has 1 aliphatic carbocycles. The first-order valence-corrected chi connectivity index (χ1v) is 7.73. The fourth-order valence-corrected chi connectivity index (χ4v) is 5.06. The molecule has 20 heavy (non-hydrogen) atoms. The van der Waals surface area contributed by atoms with Crippen LogP contribution in [0, 0.1) is 0 Å². The van der Waals surface area contributed by atoms with Crippen LogP contribution >= 0.6 is 0 Å². The van der Waals surface area contributed by atoms with Crippen LogP contribution in [-0.4, -0.2) is 41.8 Å². The second kappa shape index (κ2) is 3.99. The van der Waals surface area contributed by atoms with E-state index in [1.807, 2.05) is 12.1 Å². The number of hydrogen-bond acceptors (Lipinski definition) is 3. The van der Waals surface area contributed by atoms with Crippen molar-refractivity contribution in [3.8, 4) is 5.75 Å². The van der Waals surface area contributed by atoms with Crippen molar-refractivity contribution in [2.24, 2.45) is 0 Å². The van der Waals surface area contributed by atoms with E-state index in [-0.39, 0.29) is 11.0 Å². The summed E-state index contributed by atoms with van der Waals surface area (Å²) in [6.45, 7) is 4.30. The van der Waals surface area contributed by atoms with Gasteiger partial charge in [0.25, 0.3) is 0 Å².